The average molecular weight is 307 g/mol. The van der Waals surface area contributed by atoms with Crippen LogP contribution >= 0.6 is 0 Å². The van der Waals surface area contributed by atoms with Crippen LogP contribution in [0.25, 0.3) is 0 Å². The second kappa shape index (κ2) is 5.58. The van der Waals surface area contributed by atoms with Gasteiger partial charge in [0.15, 0.2) is 6.10 Å². The third kappa shape index (κ3) is 2.22. The molecular formula is C15H17NO6. The summed E-state index contributed by atoms with van der Waals surface area (Å²) in [7, 11) is 2.75. The van der Waals surface area contributed by atoms with Crippen molar-refractivity contribution in [3.8, 4) is 5.75 Å². The lowest BCUT2D eigenvalue weighted by molar-refractivity contribution is -0.0110. The summed E-state index contributed by atoms with van der Waals surface area (Å²) in [6.45, 7) is 0. The number of nitrogens with zero attached hydrogens (tertiary/aromatic N) is 1. The van der Waals surface area contributed by atoms with Gasteiger partial charge in [0.05, 0.1) is 38.1 Å². The smallest absolute Gasteiger partial charge is 0.341 e. The van der Waals surface area contributed by atoms with Crippen LogP contribution in [0.4, 0.5) is 0 Å². The van der Waals surface area contributed by atoms with Gasteiger partial charge in [-0.3, -0.25) is 0 Å². The van der Waals surface area contributed by atoms with Crippen LogP contribution in [-0.2, 0) is 9.57 Å². The molecular weight excluding hydrogens is 290 g/mol. The molecule has 0 amide bonds. The normalized spacial score (nSPS) is 29.5. The number of rotatable bonds is 3. The lowest BCUT2D eigenvalue weighted by atomic mass is 9.91. The average Bonchev–Trinajstić information content (AvgIpc) is 3.08. The molecule has 1 fully saturated rings. The number of carbonyl (C=O) groups is 1. The zero-order valence-electron chi connectivity index (χ0n) is 12.2. The van der Waals surface area contributed by atoms with Gasteiger partial charge in [0.1, 0.15) is 11.3 Å². The highest BCUT2D eigenvalue weighted by molar-refractivity contribution is 6.06. The van der Waals surface area contributed by atoms with E-state index in [9.17, 15) is 15.0 Å². The Morgan fingerprint density at radius 3 is 2.77 bits per heavy atom. The molecule has 0 spiro atoms. The molecule has 1 saturated carbocycles. The second-order valence-electron chi connectivity index (χ2n) is 5.35. The molecule has 0 saturated heterocycles. The van der Waals surface area contributed by atoms with Crippen molar-refractivity contribution in [1.29, 1.82) is 0 Å². The van der Waals surface area contributed by atoms with Crippen molar-refractivity contribution in [2.75, 3.05) is 14.2 Å². The molecule has 4 atom stereocenters. The minimum absolute atomic E-state index is 0.244. The number of benzene rings is 1. The molecule has 4 unspecified atom stereocenters. The van der Waals surface area contributed by atoms with Crippen LogP contribution in [0.1, 0.15) is 22.3 Å². The third-order valence-electron chi connectivity index (χ3n) is 4.12. The molecule has 1 aliphatic heterocycles. The molecule has 7 heteroatoms. The van der Waals surface area contributed by atoms with Gasteiger partial charge < -0.3 is 24.5 Å². The predicted molar refractivity (Wildman–Crippen MR) is 75.9 cm³/mol. The van der Waals surface area contributed by atoms with E-state index in [-0.39, 0.29) is 12.0 Å². The maximum atomic E-state index is 11.8. The predicted octanol–water partition coefficient (Wildman–Crippen LogP) is 0.326. The Hall–Kier alpha value is -2.12. The van der Waals surface area contributed by atoms with Crippen molar-refractivity contribution in [2.24, 2.45) is 11.1 Å². The Balaban J connectivity index is 1.97. The van der Waals surface area contributed by atoms with Crippen LogP contribution < -0.4 is 4.74 Å². The number of methoxy groups -OCH3 is 2. The van der Waals surface area contributed by atoms with E-state index < -0.39 is 30.2 Å². The fraction of sp³-hybridized carbons (Fsp3) is 0.467. The number of hydrogen-bond donors (Lipinski definition) is 2. The van der Waals surface area contributed by atoms with Crippen LogP contribution in [0.15, 0.2) is 23.4 Å². The number of aliphatic hydroxyl groups is 2. The number of esters is 1. The zero-order chi connectivity index (χ0) is 15.9. The summed E-state index contributed by atoms with van der Waals surface area (Å²) in [6, 6.07) is 4.95. The molecule has 1 aromatic carbocycles. The molecule has 118 valence electrons. The van der Waals surface area contributed by atoms with Gasteiger partial charge in [0, 0.05) is 12.0 Å². The summed E-state index contributed by atoms with van der Waals surface area (Å²) in [4.78, 5) is 17.1. The maximum Gasteiger partial charge on any atom is 0.341 e. The standard InChI is InChI=1S/C15H17NO6/c1-20-11-4-3-7(5-8(11)15(19)21-2)13-12-9(17)6-10(18)14(12)22-16-13/h3-5,9-10,12,14,17-18H,6H2,1-2H3. The van der Waals surface area contributed by atoms with Gasteiger partial charge in [-0.15, -0.1) is 0 Å². The number of oxime groups is 1. The van der Waals surface area contributed by atoms with Crippen LogP contribution in [-0.4, -0.2) is 54.4 Å². The van der Waals surface area contributed by atoms with Crippen LogP contribution in [0.3, 0.4) is 0 Å². The van der Waals surface area contributed by atoms with Crippen molar-refractivity contribution in [2.45, 2.75) is 24.7 Å². The summed E-state index contributed by atoms with van der Waals surface area (Å²) in [5.41, 5.74) is 1.41. The van der Waals surface area contributed by atoms with Gasteiger partial charge in [-0.05, 0) is 18.2 Å². The third-order valence-corrected chi connectivity index (χ3v) is 4.12. The largest absolute Gasteiger partial charge is 0.496 e. The van der Waals surface area contributed by atoms with E-state index in [0.717, 1.165) is 0 Å². The Morgan fingerprint density at radius 2 is 2.09 bits per heavy atom. The highest BCUT2D eigenvalue weighted by Crippen LogP contribution is 2.37. The van der Waals surface area contributed by atoms with Crippen molar-refractivity contribution < 1.29 is 29.3 Å². The lowest BCUT2D eigenvalue weighted by Gasteiger charge is -2.15. The molecule has 3 rings (SSSR count). The number of ether oxygens (including phenoxy) is 2. The van der Waals surface area contributed by atoms with Crippen molar-refractivity contribution in [3.63, 3.8) is 0 Å². The van der Waals surface area contributed by atoms with E-state index in [1.807, 2.05) is 0 Å². The molecule has 7 nitrogen and oxygen atoms in total. The van der Waals surface area contributed by atoms with Gasteiger partial charge >= 0.3 is 5.97 Å². The number of carbonyl (C=O) groups excluding carboxylic acids is 1. The van der Waals surface area contributed by atoms with E-state index in [0.29, 0.717) is 17.0 Å². The molecule has 0 bridgehead atoms. The highest BCUT2D eigenvalue weighted by atomic mass is 16.7. The Kier molecular flexibility index (Phi) is 3.76. The van der Waals surface area contributed by atoms with Crippen LogP contribution in [0.2, 0.25) is 0 Å². The Morgan fingerprint density at radius 1 is 1.32 bits per heavy atom. The lowest BCUT2D eigenvalue weighted by Crippen LogP contribution is -2.30. The molecule has 1 aliphatic carbocycles. The second-order valence-corrected chi connectivity index (χ2v) is 5.35. The van der Waals surface area contributed by atoms with Crippen molar-refractivity contribution >= 4 is 11.7 Å². The van der Waals surface area contributed by atoms with E-state index in [4.69, 9.17) is 14.3 Å². The van der Waals surface area contributed by atoms with Gasteiger partial charge in [-0.25, -0.2) is 4.79 Å². The number of hydrogen-bond acceptors (Lipinski definition) is 7. The molecule has 22 heavy (non-hydrogen) atoms. The topological polar surface area (TPSA) is 97.6 Å². The molecule has 2 aliphatic rings. The Labute approximate surface area is 127 Å². The molecule has 0 aromatic heterocycles. The van der Waals surface area contributed by atoms with Gasteiger partial charge in [-0.1, -0.05) is 5.16 Å². The quantitative estimate of drug-likeness (QED) is 0.781. The summed E-state index contributed by atoms with van der Waals surface area (Å²) < 4.78 is 9.89. The summed E-state index contributed by atoms with van der Waals surface area (Å²) in [5.74, 6) is -0.547. The summed E-state index contributed by atoms with van der Waals surface area (Å²) in [5, 5.41) is 23.9. The first-order valence-electron chi connectivity index (χ1n) is 6.93. The minimum atomic E-state index is -0.750. The number of fused-ring (bicyclic) bond motifs is 1. The SMILES string of the molecule is COC(=O)c1cc(C2=NOC3C(O)CC(O)C23)ccc1OC. The minimum Gasteiger partial charge on any atom is -0.496 e. The monoisotopic (exact) mass is 307 g/mol. The molecule has 1 aromatic rings. The van der Waals surface area contributed by atoms with Crippen molar-refractivity contribution in [3.05, 3.63) is 29.3 Å². The van der Waals surface area contributed by atoms with E-state index in [1.54, 1.807) is 18.2 Å². The Bertz CT molecular complexity index is 628. The molecule has 0 radical (unpaired) electrons. The van der Waals surface area contributed by atoms with E-state index in [1.165, 1.54) is 14.2 Å². The summed E-state index contributed by atoms with van der Waals surface area (Å²) in [6.07, 6.45) is -1.79. The molecule has 1 heterocycles. The zero-order valence-corrected chi connectivity index (χ0v) is 12.2. The first-order chi connectivity index (χ1) is 10.6. The van der Waals surface area contributed by atoms with Gasteiger partial charge in [-0.2, -0.15) is 0 Å². The molecule has 2 N–H and O–H groups in total. The first-order valence-corrected chi connectivity index (χ1v) is 6.93. The van der Waals surface area contributed by atoms with Crippen LogP contribution in [0, 0.1) is 5.92 Å². The highest BCUT2D eigenvalue weighted by Gasteiger charge is 2.50. The number of aliphatic hydroxyl groups excluding tert-OH is 2. The summed E-state index contributed by atoms with van der Waals surface area (Å²) >= 11 is 0. The fourth-order valence-electron chi connectivity index (χ4n) is 3.02. The maximum absolute atomic E-state index is 11.8. The van der Waals surface area contributed by atoms with E-state index in [2.05, 4.69) is 5.16 Å². The van der Waals surface area contributed by atoms with Gasteiger partial charge in [0.25, 0.3) is 0 Å². The fourth-order valence-corrected chi connectivity index (χ4v) is 3.02. The first kappa shape index (κ1) is 14.8. The van der Waals surface area contributed by atoms with Crippen molar-refractivity contribution in [1.82, 2.24) is 0 Å². The van der Waals surface area contributed by atoms with Gasteiger partial charge in [0.2, 0.25) is 0 Å². The van der Waals surface area contributed by atoms with E-state index >= 15 is 0 Å². The van der Waals surface area contributed by atoms with Crippen LogP contribution in [0.5, 0.6) is 5.75 Å².